The Bertz CT molecular complexity index is 1450. The molecule has 0 saturated heterocycles. The summed E-state index contributed by atoms with van der Waals surface area (Å²) < 4.78 is 0. The van der Waals surface area contributed by atoms with E-state index in [9.17, 15) is 0 Å². The van der Waals surface area contributed by atoms with Gasteiger partial charge in [0.25, 0.3) is 0 Å². The van der Waals surface area contributed by atoms with Crippen LogP contribution in [0.25, 0.3) is 32.3 Å². The number of rotatable bonds is 6. The fraction of sp³-hybridized carbons (Fsp3) is 0.412. The predicted molar refractivity (Wildman–Crippen MR) is 175 cm³/mol. The van der Waals surface area contributed by atoms with Gasteiger partial charge in [0.05, 0.1) is 9.75 Å². The average Bonchev–Trinajstić information content (AvgIpc) is 3.20. The molecule has 0 saturated carbocycles. The lowest BCUT2D eigenvalue weighted by atomic mass is 9.86. The number of unbranched alkanes of at least 4 members (excludes halogenated alkanes) is 2. The average molecular weight is 539 g/mol. The third-order valence-electron chi connectivity index (χ3n) is 6.71. The van der Waals surface area contributed by atoms with E-state index in [0.717, 1.165) is 12.8 Å². The molecule has 0 bridgehead atoms. The van der Waals surface area contributed by atoms with Crippen LogP contribution in [0.1, 0.15) is 60.4 Å². The van der Waals surface area contributed by atoms with Crippen LogP contribution >= 0.6 is 11.3 Å². The van der Waals surface area contributed by atoms with E-state index in [2.05, 4.69) is 112 Å². The second kappa shape index (κ2) is 11.2. The Kier molecular flexibility index (Phi) is 8.39. The van der Waals surface area contributed by atoms with E-state index in [-0.39, 0.29) is 0 Å². The van der Waals surface area contributed by atoms with Crippen molar-refractivity contribution in [1.82, 2.24) is 0 Å². The fourth-order valence-electron chi connectivity index (χ4n) is 4.91. The van der Waals surface area contributed by atoms with Crippen LogP contribution in [0.2, 0.25) is 39.3 Å². The van der Waals surface area contributed by atoms with Gasteiger partial charge in [-0.3, -0.25) is 0 Å². The van der Waals surface area contributed by atoms with E-state index in [1.165, 1.54) is 78.9 Å². The van der Waals surface area contributed by atoms with Gasteiger partial charge < -0.3 is 0 Å². The number of thiophene rings is 1. The van der Waals surface area contributed by atoms with E-state index >= 15 is 0 Å². The van der Waals surface area contributed by atoms with Gasteiger partial charge in [0, 0.05) is 10.8 Å². The minimum Gasteiger partial charge on any atom is -0.126 e. The van der Waals surface area contributed by atoms with Gasteiger partial charge in [-0.1, -0.05) is 102 Å². The zero-order valence-electron chi connectivity index (χ0n) is 24.1. The normalized spacial score (nSPS) is 12.0. The van der Waals surface area contributed by atoms with Crippen molar-refractivity contribution < 1.29 is 0 Å². The molecule has 0 aliphatic rings. The molecule has 0 radical (unpaired) electrons. The van der Waals surface area contributed by atoms with Gasteiger partial charge in [0.1, 0.15) is 16.1 Å². The van der Waals surface area contributed by atoms with Crippen LogP contribution < -0.4 is 0 Å². The van der Waals surface area contributed by atoms with Crippen LogP contribution in [0.3, 0.4) is 0 Å². The summed E-state index contributed by atoms with van der Waals surface area (Å²) >= 11 is 1.86. The summed E-state index contributed by atoms with van der Waals surface area (Å²) in [5, 5.41) is 8.36. The highest BCUT2D eigenvalue weighted by Gasteiger charge is 2.22. The first-order chi connectivity index (χ1) is 17.5. The third kappa shape index (κ3) is 6.40. The van der Waals surface area contributed by atoms with Crippen molar-refractivity contribution in [2.45, 2.75) is 91.7 Å². The lowest BCUT2D eigenvalue weighted by Crippen LogP contribution is -2.16. The highest BCUT2D eigenvalue weighted by Crippen LogP contribution is 2.43. The zero-order valence-corrected chi connectivity index (χ0v) is 26.9. The second-order valence-electron chi connectivity index (χ2n) is 12.4. The fourth-order valence-corrected chi connectivity index (χ4v) is 7.15. The molecule has 0 aliphatic heterocycles. The first-order valence-corrected chi connectivity index (χ1v) is 21.8. The summed E-state index contributed by atoms with van der Waals surface area (Å²) in [4.78, 5) is 2.49. The quantitative estimate of drug-likeness (QED) is 0.130. The van der Waals surface area contributed by atoms with Crippen molar-refractivity contribution in [2.75, 3.05) is 0 Å². The van der Waals surface area contributed by atoms with Gasteiger partial charge >= 0.3 is 0 Å². The summed E-state index contributed by atoms with van der Waals surface area (Å²) in [5.41, 5.74) is 10.4. The summed E-state index contributed by atoms with van der Waals surface area (Å²) in [6.07, 6.45) is 6.95. The lowest BCUT2D eigenvalue weighted by molar-refractivity contribution is 0.798. The molecule has 4 aromatic rings. The minimum absolute atomic E-state index is 1.09. The molecule has 0 fully saturated rings. The van der Waals surface area contributed by atoms with Crippen LogP contribution in [0.5, 0.6) is 0 Å². The maximum Gasteiger partial charge on any atom is 0.129 e. The van der Waals surface area contributed by atoms with Crippen LogP contribution in [-0.2, 0) is 12.8 Å². The standard InChI is InChI=1S/C34H42SSi2/c1-9-11-17-27-29-23-25-15-13-14-16-26(25)24-30(29)28(18-12-10-2)34-32(20-22-37(6,7)8)35-31(33(27)34)19-21-36(3,4)5/h13-16,23-24H,9-12,17-18H2,1-8H3. The van der Waals surface area contributed by atoms with E-state index in [1.54, 1.807) is 0 Å². The predicted octanol–water partition coefficient (Wildman–Crippen LogP) is 10.4. The molecule has 0 amide bonds. The van der Waals surface area contributed by atoms with Crippen molar-refractivity contribution in [3.63, 3.8) is 0 Å². The summed E-state index contributed by atoms with van der Waals surface area (Å²) in [6, 6.07) is 13.8. The highest BCUT2D eigenvalue weighted by molar-refractivity contribution is 7.15. The number of aryl methyl sites for hydroxylation is 2. The SMILES string of the molecule is CCCCc1c2cc3ccccc3cc2c(CCCC)c2c(C#C[Si](C)(C)C)sc(C#C[Si](C)(C)C)c12. The Balaban J connectivity index is 2.23. The molecule has 3 aromatic carbocycles. The van der Waals surface area contributed by atoms with E-state index in [4.69, 9.17) is 0 Å². The van der Waals surface area contributed by atoms with Crippen molar-refractivity contribution >= 4 is 59.8 Å². The number of hydrogen-bond acceptors (Lipinski definition) is 1. The Morgan fingerprint density at radius 1 is 0.649 bits per heavy atom. The van der Waals surface area contributed by atoms with Crippen molar-refractivity contribution in [2.24, 2.45) is 0 Å². The Hall–Kier alpha value is -2.31. The van der Waals surface area contributed by atoms with E-state index in [1.807, 2.05) is 11.3 Å². The highest BCUT2D eigenvalue weighted by atomic mass is 32.1. The number of hydrogen-bond donors (Lipinski definition) is 0. The topological polar surface area (TPSA) is 0 Å². The lowest BCUT2D eigenvalue weighted by Gasteiger charge is -2.17. The molecule has 37 heavy (non-hydrogen) atoms. The van der Waals surface area contributed by atoms with Crippen molar-refractivity contribution in [1.29, 1.82) is 0 Å². The van der Waals surface area contributed by atoms with Crippen LogP contribution in [0, 0.1) is 22.9 Å². The smallest absolute Gasteiger partial charge is 0.126 e. The van der Waals surface area contributed by atoms with Crippen LogP contribution in [-0.4, -0.2) is 16.1 Å². The molecular weight excluding hydrogens is 497 g/mol. The molecular formula is C34H42SSi2. The van der Waals surface area contributed by atoms with Gasteiger partial charge in [-0.25, -0.2) is 0 Å². The van der Waals surface area contributed by atoms with E-state index in [0.29, 0.717) is 0 Å². The number of fused-ring (bicyclic) bond motifs is 3. The molecule has 0 spiro atoms. The van der Waals surface area contributed by atoms with Gasteiger partial charge in [0.15, 0.2) is 0 Å². The molecule has 1 heterocycles. The number of benzene rings is 3. The largest absolute Gasteiger partial charge is 0.129 e. The Morgan fingerprint density at radius 2 is 1.05 bits per heavy atom. The van der Waals surface area contributed by atoms with Gasteiger partial charge in [-0.15, -0.1) is 22.4 Å². The van der Waals surface area contributed by atoms with Gasteiger partial charge in [-0.2, -0.15) is 0 Å². The maximum absolute atomic E-state index is 3.72. The first kappa shape index (κ1) is 27.7. The second-order valence-corrected chi connectivity index (χ2v) is 22.9. The third-order valence-corrected chi connectivity index (χ3v) is 9.48. The molecule has 0 atom stereocenters. The summed E-state index contributed by atoms with van der Waals surface area (Å²) in [6.45, 7) is 18.6. The van der Waals surface area contributed by atoms with Crippen molar-refractivity contribution in [3.8, 4) is 22.9 Å². The van der Waals surface area contributed by atoms with Crippen molar-refractivity contribution in [3.05, 3.63) is 57.3 Å². The molecule has 192 valence electrons. The molecule has 3 heteroatoms. The Labute approximate surface area is 230 Å². The zero-order chi connectivity index (χ0) is 26.8. The maximum atomic E-state index is 3.72. The minimum atomic E-state index is -1.52. The van der Waals surface area contributed by atoms with Crippen LogP contribution in [0.4, 0.5) is 0 Å². The molecule has 0 aliphatic carbocycles. The molecule has 0 N–H and O–H groups in total. The van der Waals surface area contributed by atoms with Crippen LogP contribution in [0.15, 0.2) is 36.4 Å². The van der Waals surface area contributed by atoms with Gasteiger partial charge in [0.2, 0.25) is 0 Å². The molecule has 0 nitrogen and oxygen atoms in total. The summed E-state index contributed by atoms with van der Waals surface area (Å²) in [7, 11) is -3.03. The molecule has 4 rings (SSSR count). The van der Waals surface area contributed by atoms with E-state index < -0.39 is 16.1 Å². The first-order valence-electron chi connectivity index (χ1n) is 14.0. The monoisotopic (exact) mass is 538 g/mol. The Morgan fingerprint density at radius 3 is 1.41 bits per heavy atom. The molecule has 0 unspecified atom stereocenters. The summed E-state index contributed by atoms with van der Waals surface area (Å²) in [5.74, 6) is 7.44. The molecule has 1 aromatic heterocycles. The van der Waals surface area contributed by atoms with Gasteiger partial charge in [-0.05, 0) is 70.5 Å².